The molecule has 1 N–H and O–H groups in total. The van der Waals surface area contributed by atoms with E-state index in [9.17, 15) is 9.59 Å². The van der Waals surface area contributed by atoms with Gasteiger partial charge >= 0.3 is 12.1 Å². The van der Waals surface area contributed by atoms with Crippen LogP contribution in [0.5, 0.6) is 0 Å². The molecule has 0 aliphatic heterocycles. The number of carbonyl (C=O) groups excluding carboxylic acids is 2. The first kappa shape index (κ1) is 24.0. The zero-order valence-electron chi connectivity index (χ0n) is 19.2. The molecule has 1 aromatic heterocycles. The molecule has 4 rings (SSSR count). The van der Waals surface area contributed by atoms with Crippen LogP contribution in [0.4, 0.5) is 10.5 Å². The highest BCUT2D eigenvalue weighted by atomic mass is 35.5. The number of esters is 1. The second kappa shape index (κ2) is 10.9. The minimum atomic E-state index is -0.619. The molecule has 1 amide bonds. The van der Waals surface area contributed by atoms with Gasteiger partial charge in [0.1, 0.15) is 11.4 Å². The Labute approximate surface area is 207 Å². The van der Waals surface area contributed by atoms with Crippen molar-refractivity contribution < 1.29 is 23.6 Å². The van der Waals surface area contributed by atoms with E-state index in [0.29, 0.717) is 39.7 Å². The van der Waals surface area contributed by atoms with Crippen molar-refractivity contribution in [2.75, 3.05) is 19.0 Å². The van der Waals surface area contributed by atoms with Crippen LogP contribution < -0.4 is 5.32 Å². The van der Waals surface area contributed by atoms with Gasteiger partial charge in [0.05, 0.1) is 19.3 Å². The number of anilines is 1. The van der Waals surface area contributed by atoms with Gasteiger partial charge in [-0.2, -0.15) is 0 Å². The molecule has 3 aromatic carbocycles. The van der Waals surface area contributed by atoms with Crippen LogP contribution in [0.3, 0.4) is 0 Å². The second-order valence-corrected chi connectivity index (χ2v) is 8.13. The van der Waals surface area contributed by atoms with Crippen LogP contribution in [0.1, 0.15) is 21.6 Å². The molecule has 0 unspecified atom stereocenters. The molecule has 1 heterocycles. The van der Waals surface area contributed by atoms with Gasteiger partial charge in [0, 0.05) is 17.0 Å². The third kappa shape index (κ3) is 5.70. The molecule has 7 nitrogen and oxygen atoms in total. The quantitative estimate of drug-likeness (QED) is 0.295. The van der Waals surface area contributed by atoms with Crippen molar-refractivity contribution >= 4 is 29.4 Å². The molecule has 0 aliphatic rings. The lowest BCUT2D eigenvalue weighted by Gasteiger charge is -2.09. The number of aryl methyl sites for hydroxylation is 1. The lowest BCUT2D eigenvalue weighted by atomic mass is 10.00. The first-order valence-electron chi connectivity index (χ1n) is 10.9. The summed E-state index contributed by atoms with van der Waals surface area (Å²) in [5.74, 6) is -0.00933. The number of amides is 1. The maximum atomic E-state index is 12.5. The number of aromatic nitrogens is 1. The van der Waals surface area contributed by atoms with Crippen LogP contribution >= 0.6 is 11.6 Å². The maximum absolute atomic E-state index is 12.5. The normalized spacial score (nSPS) is 10.6. The number of methoxy groups -OCH3 is 1. The molecule has 0 saturated carbocycles. The third-order valence-corrected chi connectivity index (χ3v) is 5.76. The average Bonchev–Trinajstić information content (AvgIpc) is 3.24. The number of carbonyl (C=O) groups is 2. The Bertz CT molecular complexity index is 1370. The summed E-state index contributed by atoms with van der Waals surface area (Å²) in [4.78, 5) is 24.4. The number of benzene rings is 3. The van der Waals surface area contributed by atoms with Gasteiger partial charge in [-0.15, -0.1) is 0 Å². The van der Waals surface area contributed by atoms with Crippen molar-refractivity contribution in [2.24, 2.45) is 0 Å². The molecular weight excluding hydrogens is 468 g/mol. The SMILES string of the molecule is COC(=O)c1cccc(-c2cccc(-c3onc(C)c3NC(=O)OCCc3ccccc3Cl)c2)c1. The Hall–Kier alpha value is -4.10. The Morgan fingerprint density at radius 1 is 0.971 bits per heavy atom. The smallest absolute Gasteiger partial charge is 0.411 e. The maximum Gasteiger partial charge on any atom is 0.411 e. The number of nitrogens with zero attached hydrogens (tertiary/aromatic N) is 1. The van der Waals surface area contributed by atoms with E-state index in [1.807, 2.05) is 48.5 Å². The van der Waals surface area contributed by atoms with Crippen LogP contribution in [0.25, 0.3) is 22.5 Å². The topological polar surface area (TPSA) is 90.7 Å². The van der Waals surface area contributed by atoms with Gasteiger partial charge < -0.3 is 14.0 Å². The third-order valence-electron chi connectivity index (χ3n) is 5.39. The van der Waals surface area contributed by atoms with Crippen molar-refractivity contribution in [1.82, 2.24) is 5.16 Å². The molecule has 0 bridgehead atoms. The number of halogens is 1. The predicted molar refractivity (Wildman–Crippen MR) is 134 cm³/mol. The van der Waals surface area contributed by atoms with Gasteiger partial charge in [0.2, 0.25) is 0 Å². The van der Waals surface area contributed by atoms with Gasteiger partial charge in [-0.05, 0) is 47.9 Å². The molecule has 35 heavy (non-hydrogen) atoms. The Morgan fingerprint density at radius 3 is 2.46 bits per heavy atom. The summed E-state index contributed by atoms with van der Waals surface area (Å²) in [5, 5.41) is 7.38. The van der Waals surface area contributed by atoms with Crippen LogP contribution in [0.15, 0.2) is 77.3 Å². The minimum Gasteiger partial charge on any atom is -0.465 e. The zero-order chi connectivity index (χ0) is 24.8. The van der Waals surface area contributed by atoms with E-state index >= 15 is 0 Å². The lowest BCUT2D eigenvalue weighted by Crippen LogP contribution is -2.16. The molecule has 0 fully saturated rings. The summed E-state index contributed by atoms with van der Waals surface area (Å²) in [5.41, 5.74) is 4.69. The summed E-state index contributed by atoms with van der Waals surface area (Å²) in [7, 11) is 1.35. The van der Waals surface area contributed by atoms with Crippen molar-refractivity contribution in [3.8, 4) is 22.5 Å². The Kier molecular flexibility index (Phi) is 7.48. The molecule has 0 aliphatic carbocycles. The van der Waals surface area contributed by atoms with Gasteiger partial charge in [-0.3, -0.25) is 5.32 Å². The van der Waals surface area contributed by atoms with Crippen LogP contribution in [-0.2, 0) is 15.9 Å². The van der Waals surface area contributed by atoms with Gasteiger partial charge in [-0.25, -0.2) is 9.59 Å². The number of nitrogens with one attached hydrogen (secondary N) is 1. The van der Waals surface area contributed by atoms with E-state index in [-0.39, 0.29) is 6.61 Å². The lowest BCUT2D eigenvalue weighted by molar-refractivity contribution is 0.0600. The van der Waals surface area contributed by atoms with Crippen molar-refractivity contribution in [3.05, 3.63) is 94.6 Å². The van der Waals surface area contributed by atoms with Crippen molar-refractivity contribution in [1.29, 1.82) is 0 Å². The van der Waals surface area contributed by atoms with E-state index in [0.717, 1.165) is 16.7 Å². The molecule has 0 radical (unpaired) electrons. The Morgan fingerprint density at radius 2 is 1.69 bits per heavy atom. The summed E-state index contributed by atoms with van der Waals surface area (Å²) in [6, 6.07) is 22.1. The van der Waals surface area contributed by atoms with Gasteiger partial charge in [0.15, 0.2) is 5.76 Å². The Balaban J connectivity index is 1.50. The molecule has 0 atom stereocenters. The van der Waals surface area contributed by atoms with E-state index in [4.69, 9.17) is 25.6 Å². The highest BCUT2D eigenvalue weighted by Gasteiger charge is 2.19. The zero-order valence-corrected chi connectivity index (χ0v) is 20.0. The highest BCUT2D eigenvalue weighted by molar-refractivity contribution is 6.31. The molecule has 4 aromatic rings. The van der Waals surface area contributed by atoms with Crippen molar-refractivity contribution in [2.45, 2.75) is 13.3 Å². The van der Waals surface area contributed by atoms with Crippen LogP contribution in [0, 0.1) is 6.92 Å². The summed E-state index contributed by atoms with van der Waals surface area (Å²) < 4.78 is 15.7. The van der Waals surface area contributed by atoms with Crippen molar-refractivity contribution in [3.63, 3.8) is 0 Å². The fourth-order valence-electron chi connectivity index (χ4n) is 3.59. The predicted octanol–water partition coefficient (Wildman–Crippen LogP) is 6.55. The van der Waals surface area contributed by atoms with Crippen LogP contribution in [-0.4, -0.2) is 30.9 Å². The first-order valence-corrected chi connectivity index (χ1v) is 11.3. The molecule has 0 saturated heterocycles. The second-order valence-electron chi connectivity index (χ2n) is 7.73. The fraction of sp³-hybridized carbons (Fsp3) is 0.148. The molecule has 8 heteroatoms. The summed E-state index contributed by atoms with van der Waals surface area (Å²) in [6.07, 6.45) is -0.124. The number of hydrogen-bond donors (Lipinski definition) is 1. The van der Waals surface area contributed by atoms with Gasteiger partial charge in [0.25, 0.3) is 0 Å². The van der Waals surface area contributed by atoms with E-state index in [1.54, 1.807) is 31.2 Å². The van der Waals surface area contributed by atoms with Gasteiger partial charge in [-0.1, -0.05) is 65.3 Å². The molecule has 0 spiro atoms. The monoisotopic (exact) mass is 490 g/mol. The molecule has 178 valence electrons. The van der Waals surface area contributed by atoms with E-state index in [1.165, 1.54) is 7.11 Å². The number of rotatable bonds is 7. The fourth-order valence-corrected chi connectivity index (χ4v) is 3.82. The minimum absolute atomic E-state index is 0.168. The first-order chi connectivity index (χ1) is 17.0. The van der Waals surface area contributed by atoms with E-state index < -0.39 is 12.1 Å². The van der Waals surface area contributed by atoms with E-state index in [2.05, 4.69) is 10.5 Å². The summed E-state index contributed by atoms with van der Waals surface area (Å²) in [6.45, 7) is 1.90. The average molecular weight is 491 g/mol. The van der Waals surface area contributed by atoms with Crippen LogP contribution in [0.2, 0.25) is 5.02 Å². The molecular formula is C27H23ClN2O5. The largest absolute Gasteiger partial charge is 0.465 e. The summed E-state index contributed by atoms with van der Waals surface area (Å²) >= 11 is 6.15. The standard InChI is InChI=1S/C27H23ClN2O5/c1-17-24(29-27(32)34-14-13-18-7-3-4-12-23(18)28)25(35-30-17)21-10-5-8-19(15-21)20-9-6-11-22(16-20)26(31)33-2/h3-12,15-16H,13-14H2,1-2H3,(H,29,32). The highest BCUT2D eigenvalue weighted by Crippen LogP contribution is 2.33. The number of ether oxygens (including phenoxy) is 2. The number of hydrogen-bond acceptors (Lipinski definition) is 6.